The van der Waals surface area contributed by atoms with E-state index in [2.05, 4.69) is 12.4 Å². The van der Waals surface area contributed by atoms with Crippen molar-refractivity contribution in [2.24, 2.45) is 17.8 Å². The fourth-order valence-electron chi connectivity index (χ4n) is 2.89. The monoisotopic (exact) mass is 175 g/mol. The Bertz CT molecular complexity index is 127. The maximum atomic E-state index is 3.29. The largest absolute Gasteiger partial charge is 0.319 e. The predicted molar refractivity (Wildman–Crippen MR) is 50.1 cm³/mol. The van der Waals surface area contributed by atoms with E-state index in [-0.39, 0.29) is 12.4 Å². The molecule has 66 valence electrons. The Morgan fingerprint density at radius 2 is 2.09 bits per heavy atom. The molecule has 0 spiro atoms. The minimum absolute atomic E-state index is 0. The van der Waals surface area contributed by atoms with Crippen molar-refractivity contribution < 1.29 is 0 Å². The highest BCUT2D eigenvalue weighted by Gasteiger charge is 2.38. The summed E-state index contributed by atoms with van der Waals surface area (Å²) >= 11 is 0. The van der Waals surface area contributed by atoms with Crippen molar-refractivity contribution in [1.29, 1.82) is 0 Å². The lowest BCUT2D eigenvalue weighted by molar-refractivity contribution is 0.326. The highest BCUT2D eigenvalue weighted by molar-refractivity contribution is 5.85. The first-order valence-corrected chi connectivity index (χ1v) is 4.54. The van der Waals surface area contributed by atoms with Gasteiger partial charge < -0.3 is 5.32 Å². The van der Waals surface area contributed by atoms with Gasteiger partial charge in [-0.15, -0.1) is 12.4 Å². The summed E-state index contributed by atoms with van der Waals surface area (Å²) in [6.07, 6.45) is 6.12. The zero-order chi connectivity index (χ0) is 6.97. The van der Waals surface area contributed by atoms with Gasteiger partial charge in [0.1, 0.15) is 0 Å². The van der Waals surface area contributed by atoms with Gasteiger partial charge in [-0.3, -0.25) is 0 Å². The van der Waals surface area contributed by atoms with Gasteiger partial charge in [0.15, 0.2) is 0 Å². The van der Waals surface area contributed by atoms with Crippen LogP contribution in [0.1, 0.15) is 25.7 Å². The molecule has 0 aromatic heterocycles. The van der Waals surface area contributed by atoms with Crippen LogP contribution in [0.3, 0.4) is 0 Å². The maximum Gasteiger partial charge on any atom is -0.00208 e. The van der Waals surface area contributed by atoms with E-state index in [0.717, 1.165) is 17.8 Å². The summed E-state index contributed by atoms with van der Waals surface area (Å²) in [5.41, 5.74) is 0. The second-order valence-electron chi connectivity index (χ2n) is 3.99. The molecule has 0 aromatic carbocycles. The molecule has 0 aromatic rings. The first-order valence-electron chi connectivity index (χ1n) is 4.54. The number of rotatable bonds is 2. The Labute approximate surface area is 75.4 Å². The van der Waals surface area contributed by atoms with Crippen LogP contribution in [0.15, 0.2) is 0 Å². The third-order valence-corrected chi connectivity index (χ3v) is 3.35. The smallest absolute Gasteiger partial charge is 0.00208 e. The van der Waals surface area contributed by atoms with Gasteiger partial charge in [0.05, 0.1) is 0 Å². The van der Waals surface area contributed by atoms with Crippen molar-refractivity contribution >= 4 is 12.4 Å². The number of hydrogen-bond acceptors (Lipinski definition) is 1. The van der Waals surface area contributed by atoms with E-state index in [1.807, 2.05) is 0 Å². The molecule has 2 saturated carbocycles. The average Bonchev–Trinajstić information content (AvgIpc) is 2.48. The molecule has 2 aliphatic carbocycles. The molecule has 3 atom stereocenters. The van der Waals surface area contributed by atoms with E-state index in [1.54, 1.807) is 6.42 Å². The zero-order valence-electron chi connectivity index (χ0n) is 7.18. The summed E-state index contributed by atoms with van der Waals surface area (Å²) in [5, 5.41) is 3.29. The van der Waals surface area contributed by atoms with E-state index < -0.39 is 0 Å². The predicted octanol–water partition coefficient (Wildman–Crippen LogP) is 2.06. The first kappa shape index (κ1) is 9.34. The number of halogens is 1. The second kappa shape index (κ2) is 3.77. The Hall–Kier alpha value is 0.250. The number of hydrogen-bond donors (Lipinski definition) is 1. The van der Waals surface area contributed by atoms with Gasteiger partial charge in [-0.1, -0.05) is 6.42 Å². The second-order valence-corrected chi connectivity index (χ2v) is 3.99. The molecule has 0 heterocycles. The Balaban J connectivity index is 0.000000605. The molecule has 2 bridgehead atoms. The van der Waals surface area contributed by atoms with E-state index in [4.69, 9.17) is 0 Å². The highest BCUT2D eigenvalue weighted by Crippen LogP contribution is 2.47. The van der Waals surface area contributed by atoms with Gasteiger partial charge in [0.2, 0.25) is 0 Å². The van der Waals surface area contributed by atoms with E-state index in [1.165, 1.54) is 25.8 Å². The SMILES string of the molecule is CNCC1CC2CCC1C2.Cl. The average molecular weight is 176 g/mol. The molecule has 0 saturated heterocycles. The van der Waals surface area contributed by atoms with Gasteiger partial charge in [-0.2, -0.15) is 0 Å². The molecule has 1 N–H and O–H groups in total. The standard InChI is InChI=1S/C9H17N.ClH/c1-10-6-9-5-7-2-3-8(9)4-7;/h7-10H,2-6H2,1H3;1H. The lowest BCUT2D eigenvalue weighted by Gasteiger charge is -2.20. The van der Waals surface area contributed by atoms with Crippen LogP contribution in [0, 0.1) is 17.8 Å². The normalized spacial score (nSPS) is 40.6. The molecule has 0 amide bonds. The fourth-order valence-corrected chi connectivity index (χ4v) is 2.89. The van der Waals surface area contributed by atoms with Crippen molar-refractivity contribution in [3.8, 4) is 0 Å². The quantitative estimate of drug-likeness (QED) is 0.678. The van der Waals surface area contributed by atoms with Crippen molar-refractivity contribution in [2.45, 2.75) is 25.7 Å². The van der Waals surface area contributed by atoms with Crippen molar-refractivity contribution in [2.75, 3.05) is 13.6 Å². The van der Waals surface area contributed by atoms with Crippen LogP contribution in [0.5, 0.6) is 0 Å². The molecule has 0 aliphatic heterocycles. The lowest BCUT2D eigenvalue weighted by atomic mass is 9.89. The van der Waals surface area contributed by atoms with Gasteiger partial charge in [-0.05, 0) is 50.6 Å². The summed E-state index contributed by atoms with van der Waals surface area (Å²) in [6, 6.07) is 0. The summed E-state index contributed by atoms with van der Waals surface area (Å²) in [5.74, 6) is 3.24. The molecule has 11 heavy (non-hydrogen) atoms. The topological polar surface area (TPSA) is 12.0 Å². The van der Waals surface area contributed by atoms with Crippen LogP contribution in [0.2, 0.25) is 0 Å². The minimum Gasteiger partial charge on any atom is -0.319 e. The van der Waals surface area contributed by atoms with Crippen LogP contribution >= 0.6 is 12.4 Å². The van der Waals surface area contributed by atoms with Crippen LogP contribution in [-0.4, -0.2) is 13.6 Å². The summed E-state index contributed by atoms with van der Waals surface area (Å²) in [4.78, 5) is 0. The summed E-state index contributed by atoms with van der Waals surface area (Å²) < 4.78 is 0. The van der Waals surface area contributed by atoms with E-state index >= 15 is 0 Å². The van der Waals surface area contributed by atoms with E-state index in [0.29, 0.717) is 0 Å². The minimum atomic E-state index is 0. The highest BCUT2D eigenvalue weighted by atomic mass is 35.5. The maximum absolute atomic E-state index is 3.29. The first-order chi connectivity index (χ1) is 4.90. The van der Waals surface area contributed by atoms with Gasteiger partial charge in [0, 0.05) is 0 Å². The molecule has 2 heteroatoms. The molecule has 2 fully saturated rings. The van der Waals surface area contributed by atoms with Gasteiger partial charge in [0.25, 0.3) is 0 Å². The molecule has 0 radical (unpaired) electrons. The molecule has 2 aliphatic rings. The van der Waals surface area contributed by atoms with Gasteiger partial charge >= 0.3 is 0 Å². The Morgan fingerprint density at radius 3 is 2.55 bits per heavy atom. The van der Waals surface area contributed by atoms with Crippen LogP contribution in [-0.2, 0) is 0 Å². The number of nitrogens with one attached hydrogen (secondary N) is 1. The zero-order valence-corrected chi connectivity index (χ0v) is 7.99. The molecular weight excluding hydrogens is 158 g/mol. The number of fused-ring (bicyclic) bond motifs is 2. The van der Waals surface area contributed by atoms with Crippen LogP contribution in [0.25, 0.3) is 0 Å². The molecule has 1 nitrogen and oxygen atoms in total. The Kier molecular flexibility index (Phi) is 3.20. The van der Waals surface area contributed by atoms with Crippen molar-refractivity contribution in [3.05, 3.63) is 0 Å². The Morgan fingerprint density at radius 1 is 1.27 bits per heavy atom. The van der Waals surface area contributed by atoms with E-state index in [9.17, 15) is 0 Å². The van der Waals surface area contributed by atoms with Crippen molar-refractivity contribution in [3.63, 3.8) is 0 Å². The molecule has 3 unspecified atom stereocenters. The van der Waals surface area contributed by atoms with Crippen molar-refractivity contribution in [1.82, 2.24) is 5.32 Å². The third kappa shape index (κ3) is 1.70. The summed E-state index contributed by atoms with van der Waals surface area (Å²) in [7, 11) is 2.08. The van der Waals surface area contributed by atoms with Crippen LogP contribution in [0.4, 0.5) is 0 Å². The molecule has 2 rings (SSSR count). The fraction of sp³-hybridized carbons (Fsp3) is 1.00. The van der Waals surface area contributed by atoms with Crippen LogP contribution < -0.4 is 5.32 Å². The summed E-state index contributed by atoms with van der Waals surface area (Å²) in [6.45, 7) is 1.27. The third-order valence-electron chi connectivity index (χ3n) is 3.35. The molecular formula is C9H18ClN. The lowest BCUT2D eigenvalue weighted by Crippen LogP contribution is -2.23. The van der Waals surface area contributed by atoms with Gasteiger partial charge in [-0.25, -0.2) is 0 Å².